The molecule has 134 valence electrons. The monoisotopic (exact) mass is 370 g/mol. The lowest BCUT2D eigenvalue weighted by atomic mass is 10.1. The summed E-state index contributed by atoms with van der Waals surface area (Å²) in [4.78, 5) is 4.57. The van der Waals surface area contributed by atoms with E-state index in [1.807, 2.05) is 27.8 Å². The summed E-state index contributed by atoms with van der Waals surface area (Å²) < 4.78 is 9.90. The molecule has 0 spiro atoms. The Morgan fingerprint density at radius 2 is 1.92 bits per heavy atom. The molecule has 2 unspecified atom stereocenters. The molecule has 3 saturated heterocycles. The number of likely N-dealkylation sites (N-methyl/N-ethyl adjacent to an activating group) is 1. The predicted octanol–water partition coefficient (Wildman–Crippen LogP) is 2.64. The van der Waals surface area contributed by atoms with Gasteiger partial charge in [-0.15, -0.1) is 0 Å². The van der Waals surface area contributed by atoms with E-state index in [1.165, 1.54) is 12.8 Å². The largest absolute Gasteiger partial charge is 0.332 e. The second-order valence-electron chi connectivity index (χ2n) is 7.50. The van der Waals surface area contributed by atoms with Crippen molar-refractivity contribution >= 4 is 28.2 Å². The fourth-order valence-electron chi connectivity index (χ4n) is 4.03. The first kappa shape index (κ1) is 15.0. The van der Waals surface area contributed by atoms with Crippen LogP contribution in [0.2, 0.25) is 5.02 Å². The Morgan fingerprint density at radius 1 is 1.12 bits per heavy atom. The van der Waals surface area contributed by atoms with Gasteiger partial charge in [0.1, 0.15) is 18.1 Å². The summed E-state index contributed by atoms with van der Waals surface area (Å²) in [7, 11) is 2.12. The SMILES string of the molecule is CN1CC2OC(C1)N2c1cc2c(cnn2-c2cnn(C3CC3)c2)cc1Cl. The van der Waals surface area contributed by atoms with Gasteiger partial charge in [0.05, 0.1) is 40.9 Å². The molecular formula is C18H19ClN6O. The molecule has 4 fully saturated rings. The van der Waals surface area contributed by atoms with Crippen molar-refractivity contribution in [2.24, 2.45) is 0 Å². The number of rotatable bonds is 3. The summed E-state index contributed by atoms with van der Waals surface area (Å²) in [5.41, 5.74) is 3.04. The molecule has 26 heavy (non-hydrogen) atoms. The number of piperazine rings is 1. The number of hydrogen-bond acceptors (Lipinski definition) is 5. The summed E-state index contributed by atoms with van der Waals surface area (Å²) in [6.45, 7) is 1.77. The van der Waals surface area contributed by atoms with Crippen LogP contribution in [-0.4, -0.2) is 57.1 Å². The highest BCUT2D eigenvalue weighted by molar-refractivity contribution is 6.34. The summed E-state index contributed by atoms with van der Waals surface area (Å²) in [5.74, 6) is 0. The molecule has 0 radical (unpaired) electrons. The van der Waals surface area contributed by atoms with Gasteiger partial charge in [0.15, 0.2) is 0 Å². The fraction of sp³-hybridized carbons (Fsp3) is 0.444. The fourth-order valence-corrected chi connectivity index (χ4v) is 4.30. The van der Waals surface area contributed by atoms with Crippen molar-refractivity contribution in [3.05, 3.63) is 35.7 Å². The third kappa shape index (κ3) is 2.14. The quantitative estimate of drug-likeness (QED) is 0.709. The lowest BCUT2D eigenvalue weighted by Gasteiger charge is -2.56. The normalized spacial score (nSPS) is 25.7. The van der Waals surface area contributed by atoms with Gasteiger partial charge in [-0.3, -0.25) is 9.58 Å². The van der Waals surface area contributed by atoms with Crippen LogP contribution in [0.3, 0.4) is 0 Å². The molecule has 1 aromatic carbocycles. The third-order valence-corrected chi connectivity index (χ3v) is 5.84. The van der Waals surface area contributed by atoms with Gasteiger partial charge in [-0.25, -0.2) is 4.68 Å². The first-order valence-electron chi connectivity index (χ1n) is 9.01. The number of fused-ring (bicyclic) bond motifs is 3. The molecule has 3 aromatic rings. The van der Waals surface area contributed by atoms with Gasteiger partial charge in [-0.2, -0.15) is 10.2 Å². The number of hydrogen-bond donors (Lipinski definition) is 0. The maximum absolute atomic E-state index is 6.60. The number of ether oxygens (including phenoxy) is 1. The van der Waals surface area contributed by atoms with Crippen molar-refractivity contribution in [2.45, 2.75) is 31.3 Å². The smallest absolute Gasteiger partial charge is 0.147 e. The zero-order chi connectivity index (χ0) is 17.4. The Kier molecular flexibility index (Phi) is 3.01. The summed E-state index contributed by atoms with van der Waals surface area (Å²) in [5, 5.41) is 10.8. The summed E-state index contributed by atoms with van der Waals surface area (Å²) >= 11 is 6.60. The highest BCUT2D eigenvalue weighted by atomic mass is 35.5. The average Bonchev–Trinajstić information content (AvgIpc) is 3.21. The van der Waals surface area contributed by atoms with E-state index < -0.39 is 0 Å². The maximum atomic E-state index is 6.60. The van der Waals surface area contributed by atoms with Gasteiger partial charge in [-0.05, 0) is 32.0 Å². The molecule has 2 atom stereocenters. The molecular weight excluding hydrogens is 352 g/mol. The minimum absolute atomic E-state index is 0.0719. The van der Waals surface area contributed by atoms with Crippen molar-refractivity contribution in [2.75, 3.05) is 25.0 Å². The van der Waals surface area contributed by atoms with E-state index in [4.69, 9.17) is 16.3 Å². The van der Waals surface area contributed by atoms with Gasteiger partial charge in [0.25, 0.3) is 0 Å². The van der Waals surface area contributed by atoms with Gasteiger partial charge >= 0.3 is 0 Å². The van der Waals surface area contributed by atoms with Crippen LogP contribution in [0.1, 0.15) is 18.9 Å². The molecule has 5 heterocycles. The van der Waals surface area contributed by atoms with E-state index in [1.54, 1.807) is 0 Å². The van der Waals surface area contributed by atoms with Crippen LogP contribution in [0.5, 0.6) is 0 Å². The molecule has 0 amide bonds. The zero-order valence-corrected chi connectivity index (χ0v) is 15.2. The minimum atomic E-state index is 0.0719. The van der Waals surface area contributed by atoms with Crippen molar-refractivity contribution in [3.63, 3.8) is 0 Å². The Hall–Kier alpha value is -2.09. The Morgan fingerprint density at radius 3 is 2.69 bits per heavy atom. The molecule has 2 bridgehead atoms. The topological polar surface area (TPSA) is 51.4 Å². The van der Waals surface area contributed by atoms with Crippen LogP contribution < -0.4 is 4.90 Å². The van der Waals surface area contributed by atoms with E-state index in [0.717, 1.165) is 40.4 Å². The molecule has 8 heteroatoms. The molecule has 0 N–H and O–H groups in total. The lowest BCUT2D eigenvalue weighted by molar-refractivity contribution is -0.171. The van der Waals surface area contributed by atoms with Gasteiger partial charge in [0, 0.05) is 18.5 Å². The molecule has 1 saturated carbocycles. The molecule has 2 aromatic heterocycles. The van der Waals surface area contributed by atoms with Crippen molar-refractivity contribution < 1.29 is 4.74 Å². The van der Waals surface area contributed by atoms with E-state index in [0.29, 0.717) is 6.04 Å². The van der Waals surface area contributed by atoms with E-state index in [2.05, 4.69) is 39.3 Å². The number of benzene rings is 1. The van der Waals surface area contributed by atoms with E-state index in [9.17, 15) is 0 Å². The number of morpholine rings is 1. The van der Waals surface area contributed by atoms with E-state index >= 15 is 0 Å². The van der Waals surface area contributed by atoms with Crippen LogP contribution >= 0.6 is 11.6 Å². The Labute approximate surface area is 155 Å². The highest BCUT2D eigenvalue weighted by Gasteiger charge is 2.45. The van der Waals surface area contributed by atoms with Crippen LogP contribution in [0, 0.1) is 0 Å². The number of aromatic nitrogens is 4. The number of nitrogens with zero attached hydrogens (tertiary/aromatic N) is 6. The highest BCUT2D eigenvalue weighted by Crippen LogP contribution is 2.40. The minimum Gasteiger partial charge on any atom is -0.332 e. The first-order valence-corrected chi connectivity index (χ1v) is 9.39. The molecule has 7 rings (SSSR count). The third-order valence-electron chi connectivity index (χ3n) is 5.54. The van der Waals surface area contributed by atoms with Crippen molar-refractivity contribution in [3.8, 4) is 5.69 Å². The van der Waals surface area contributed by atoms with E-state index in [-0.39, 0.29) is 12.5 Å². The standard InChI is InChI=1S/C18H19ClN6O/c1-22-9-17-24(18(10-22)26-17)16-5-15-11(4-14(16)19)6-21-25(15)13-7-20-23(8-13)12-2-3-12/h4-8,12,17-18H,2-3,9-10H2,1H3. The molecule has 3 aliphatic heterocycles. The second kappa shape index (κ2) is 5.22. The van der Waals surface area contributed by atoms with Crippen molar-refractivity contribution in [1.82, 2.24) is 24.5 Å². The predicted molar refractivity (Wildman–Crippen MR) is 98.8 cm³/mol. The maximum Gasteiger partial charge on any atom is 0.147 e. The Bertz CT molecular complexity index is 996. The number of halogens is 1. The van der Waals surface area contributed by atoms with Gasteiger partial charge in [-0.1, -0.05) is 11.6 Å². The first-order chi connectivity index (χ1) is 12.7. The number of anilines is 1. The molecule has 4 aliphatic rings. The lowest BCUT2D eigenvalue weighted by Crippen LogP contribution is -2.70. The van der Waals surface area contributed by atoms with Crippen LogP contribution in [-0.2, 0) is 4.74 Å². The van der Waals surface area contributed by atoms with Crippen LogP contribution in [0.15, 0.2) is 30.7 Å². The van der Waals surface area contributed by atoms with Gasteiger partial charge in [0.2, 0.25) is 0 Å². The second-order valence-corrected chi connectivity index (χ2v) is 7.91. The Balaban J connectivity index is 1.43. The van der Waals surface area contributed by atoms with Crippen molar-refractivity contribution in [1.29, 1.82) is 0 Å². The summed E-state index contributed by atoms with van der Waals surface area (Å²) in [6, 6.07) is 4.69. The van der Waals surface area contributed by atoms with Crippen LogP contribution in [0.25, 0.3) is 16.6 Å². The molecule has 1 aliphatic carbocycles. The summed E-state index contributed by atoms with van der Waals surface area (Å²) in [6.07, 6.45) is 8.40. The van der Waals surface area contributed by atoms with Crippen LogP contribution in [0.4, 0.5) is 5.69 Å². The van der Waals surface area contributed by atoms with Gasteiger partial charge < -0.3 is 9.64 Å². The average molecular weight is 371 g/mol. The zero-order valence-electron chi connectivity index (χ0n) is 14.4. The molecule has 7 nitrogen and oxygen atoms in total.